The van der Waals surface area contributed by atoms with Crippen LogP contribution in [0, 0.1) is 0 Å². The van der Waals surface area contributed by atoms with Gasteiger partial charge in [0.1, 0.15) is 0 Å². The van der Waals surface area contributed by atoms with Crippen molar-refractivity contribution in [2.45, 2.75) is 17.1 Å². The molecule has 0 saturated heterocycles. The third kappa shape index (κ3) is 3.76. The lowest BCUT2D eigenvalue weighted by atomic mass is 10.1. The maximum Gasteiger partial charge on any atom is 0.307 e. The lowest BCUT2D eigenvalue weighted by Gasteiger charge is -2.07. The van der Waals surface area contributed by atoms with Crippen LogP contribution in [-0.2, 0) is 27.8 Å². The molecule has 19 heavy (non-hydrogen) atoms. The maximum atomic E-state index is 12.2. The van der Waals surface area contributed by atoms with Gasteiger partial charge in [-0.1, -0.05) is 42.5 Å². The first kappa shape index (κ1) is 13.5. The van der Waals surface area contributed by atoms with E-state index >= 15 is 0 Å². The molecule has 0 aromatic heterocycles. The van der Waals surface area contributed by atoms with Gasteiger partial charge in [-0.25, -0.2) is 0 Å². The molecule has 3 nitrogen and oxygen atoms in total. The quantitative estimate of drug-likeness (QED) is 0.912. The normalized spacial score (nSPS) is 12.0. The van der Waals surface area contributed by atoms with E-state index in [1.54, 1.807) is 12.1 Å². The Kier molecular flexibility index (Phi) is 4.47. The van der Waals surface area contributed by atoms with Crippen molar-refractivity contribution in [3.63, 3.8) is 0 Å². The second-order valence-electron chi connectivity index (χ2n) is 4.14. The molecule has 2 aromatic carbocycles. The number of rotatable bonds is 5. The van der Waals surface area contributed by atoms with Gasteiger partial charge in [0, 0.05) is 4.90 Å². The topological polar surface area (TPSA) is 54.4 Å². The largest absolute Gasteiger partial charge is 0.481 e. The van der Waals surface area contributed by atoms with Crippen molar-refractivity contribution in [3.05, 3.63) is 65.7 Å². The van der Waals surface area contributed by atoms with Gasteiger partial charge in [0.05, 0.1) is 23.0 Å². The summed E-state index contributed by atoms with van der Waals surface area (Å²) in [4.78, 5) is 11.6. The molecule has 0 saturated carbocycles. The molecule has 1 N–H and O–H groups in total. The summed E-state index contributed by atoms with van der Waals surface area (Å²) in [6, 6.07) is 16.4. The van der Waals surface area contributed by atoms with Crippen LogP contribution in [0.25, 0.3) is 0 Å². The van der Waals surface area contributed by atoms with Gasteiger partial charge in [0.25, 0.3) is 0 Å². The number of hydrogen-bond acceptors (Lipinski definition) is 2. The monoisotopic (exact) mass is 274 g/mol. The number of carboxylic acids is 1. The van der Waals surface area contributed by atoms with Gasteiger partial charge in [0.2, 0.25) is 0 Å². The van der Waals surface area contributed by atoms with Crippen molar-refractivity contribution in [1.82, 2.24) is 0 Å². The summed E-state index contributed by atoms with van der Waals surface area (Å²) in [6.07, 6.45) is -0.0395. The predicted octanol–water partition coefficient (Wildman–Crippen LogP) is 2.62. The molecule has 0 amide bonds. The van der Waals surface area contributed by atoms with Crippen molar-refractivity contribution in [2.24, 2.45) is 0 Å². The predicted molar refractivity (Wildman–Crippen MR) is 74.3 cm³/mol. The molecule has 0 aliphatic heterocycles. The van der Waals surface area contributed by atoms with E-state index in [1.165, 1.54) is 0 Å². The molecule has 0 heterocycles. The van der Waals surface area contributed by atoms with Gasteiger partial charge in [-0.3, -0.25) is 9.00 Å². The smallest absolute Gasteiger partial charge is 0.307 e. The standard InChI is InChI=1S/C15H14O3S/c16-15(17)10-12-6-4-5-7-13(12)11-19(18)14-8-2-1-3-9-14/h1-9H,10-11H2,(H,16,17). The first-order valence-electron chi connectivity index (χ1n) is 5.89. The molecule has 0 aliphatic rings. The molecule has 2 aromatic rings. The lowest BCUT2D eigenvalue weighted by Crippen LogP contribution is -2.05. The van der Waals surface area contributed by atoms with Crippen LogP contribution in [-0.4, -0.2) is 15.3 Å². The molecule has 2 rings (SSSR count). The Morgan fingerprint density at radius 1 is 0.947 bits per heavy atom. The number of benzene rings is 2. The zero-order chi connectivity index (χ0) is 13.7. The lowest BCUT2D eigenvalue weighted by molar-refractivity contribution is -0.136. The fourth-order valence-corrected chi connectivity index (χ4v) is 3.02. The second-order valence-corrected chi connectivity index (χ2v) is 5.59. The first-order valence-corrected chi connectivity index (χ1v) is 7.20. The highest BCUT2D eigenvalue weighted by Gasteiger charge is 2.10. The maximum absolute atomic E-state index is 12.2. The summed E-state index contributed by atoms with van der Waals surface area (Å²) in [5.74, 6) is -0.536. The minimum atomic E-state index is -1.15. The van der Waals surface area contributed by atoms with Crippen LogP contribution in [0.2, 0.25) is 0 Å². The second kappa shape index (κ2) is 6.29. The Hall–Kier alpha value is -1.94. The summed E-state index contributed by atoms with van der Waals surface area (Å²) >= 11 is 0. The van der Waals surface area contributed by atoms with E-state index in [-0.39, 0.29) is 6.42 Å². The fraction of sp³-hybridized carbons (Fsp3) is 0.133. The van der Waals surface area contributed by atoms with Crippen molar-refractivity contribution in [1.29, 1.82) is 0 Å². The van der Waals surface area contributed by atoms with Gasteiger partial charge in [-0.15, -0.1) is 0 Å². The molecular weight excluding hydrogens is 260 g/mol. The van der Waals surface area contributed by atoms with Crippen molar-refractivity contribution in [3.8, 4) is 0 Å². The van der Waals surface area contributed by atoms with E-state index in [1.807, 2.05) is 42.5 Å². The number of aliphatic carboxylic acids is 1. The van der Waals surface area contributed by atoms with E-state index in [2.05, 4.69) is 0 Å². The molecule has 4 heteroatoms. The van der Waals surface area contributed by atoms with E-state index < -0.39 is 16.8 Å². The molecular formula is C15H14O3S. The molecule has 0 fully saturated rings. The third-order valence-electron chi connectivity index (χ3n) is 2.75. The molecule has 1 unspecified atom stereocenters. The van der Waals surface area contributed by atoms with Crippen LogP contribution in [0.5, 0.6) is 0 Å². The molecule has 1 atom stereocenters. The SMILES string of the molecule is O=C(O)Cc1ccccc1CS(=O)c1ccccc1. The Morgan fingerprint density at radius 2 is 1.53 bits per heavy atom. The van der Waals surface area contributed by atoms with Gasteiger partial charge in [-0.2, -0.15) is 0 Å². The van der Waals surface area contributed by atoms with E-state index in [4.69, 9.17) is 5.11 Å². The summed E-state index contributed by atoms with van der Waals surface area (Å²) in [6.45, 7) is 0. The van der Waals surface area contributed by atoms with Gasteiger partial charge >= 0.3 is 5.97 Å². The summed E-state index contributed by atoms with van der Waals surface area (Å²) in [5, 5.41) is 8.87. The summed E-state index contributed by atoms with van der Waals surface area (Å²) < 4.78 is 12.2. The Balaban J connectivity index is 2.19. The highest BCUT2D eigenvalue weighted by Crippen LogP contribution is 2.16. The van der Waals surface area contributed by atoms with E-state index in [0.717, 1.165) is 16.0 Å². The Bertz CT molecular complexity index is 593. The van der Waals surface area contributed by atoms with Gasteiger partial charge < -0.3 is 5.11 Å². The highest BCUT2D eigenvalue weighted by atomic mass is 32.2. The molecule has 0 aliphatic carbocycles. The third-order valence-corrected chi connectivity index (χ3v) is 4.12. The van der Waals surface area contributed by atoms with Crippen LogP contribution < -0.4 is 0 Å². The van der Waals surface area contributed by atoms with Crippen molar-refractivity contribution in [2.75, 3.05) is 0 Å². The van der Waals surface area contributed by atoms with Crippen LogP contribution in [0.1, 0.15) is 11.1 Å². The number of carbonyl (C=O) groups is 1. The molecule has 0 radical (unpaired) electrons. The van der Waals surface area contributed by atoms with E-state index in [0.29, 0.717) is 5.75 Å². The Morgan fingerprint density at radius 3 is 2.16 bits per heavy atom. The zero-order valence-electron chi connectivity index (χ0n) is 10.3. The zero-order valence-corrected chi connectivity index (χ0v) is 11.1. The minimum Gasteiger partial charge on any atom is -0.481 e. The number of hydrogen-bond donors (Lipinski definition) is 1. The van der Waals surface area contributed by atoms with Crippen molar-refractivity contribution >= 4 is 16.8 Å². The summed E-state index contributed by atoms with van der Waals surface area (Å²) in [7, 11) is -1.15. The van der Waals surface area contributed by atoms with Crippen LogP contribution in [0.4, 0.5) is 0 Å². The van der Waals surface area contributed by atoms with Crippen LogP contribution in [0.3, 0.4) is 0 Å². The molecule has 0 spiro atoms. The minimum absolute atomic E-state index is 0.0395. The highest BCUT2D eigenvalue weighted by molar-refractivity contribution is 7.84. The number of carboxylic acid groups (broad SMARTS) is 1. The van der Waals surface area contributed by atoms with Crippen LogP contribution in [0.15, 0.2) is 59.5 Å². The average molecular weight is 274 g/mol. The van der Waals surface area contributed by atoms with Gasteiger partial charge in [-0.05, 0) is 23.3 Å². The Labute approximate surface area is 114 Å². The van der Waals surface area contributed by atoms with E-state index in [9.17, 15) is 9.00 Å². The average Bonchev–Trinajstić information content (AvgIpc) is 2.41. The fourth-order valence-electron chi connectivity index (χ4n) is 1.83. The molecule has 0 bridgehead atoms. The first-order chi connectivity index (χ1) is 9.16. The molecule has 98 valence electrons. The van der Waals surface area contributed by atoms with Crippen LogP contribution >= 0.6 is 0 Å². The van der Waals surface area contributed by atoms with Crippen molar-refractivity contribution < 1.29 is 14.1 Å². The summed E-state index contributed by atoms with van der Waals surface area (Å²) in [5.41, 5.74) is 1.55. The van der Waals surface area contributed by atoms with Gasteiger partial charge in [0.15, 0.2) is 0 Å².